The molecule has 0 spiro atoms. The Morgan fingerprint density at radius 2 is 1.70 bits per heavy atom. The highest BCUT2D eigenvalue weighted by Gasteiger charge is 2.44. The van der Waals surface area contributed by atoms with Gasteiger partial charge in [-0.05, 0) is 106 Å². The number of aromatic nitrogens is 3. The lowest BCUT2D eigenvalue weighted by molar-refractivity contribution is -0.142. The lowest BCUT2D eigenvalue weighted by atomic mass is 9.81. The zero-order valence-electron chi connectivity index (χ0n) is 32.0. The van der Waals surface area contributed by atoms with Crippen molar-refractivity contribution in [3.8, 4) is 17.0 Å². The molecule has 298 valence electrons. The highest BCUT2D eigenvalue weighted by atomic mass is 32.2. The number of halogens is 3. The van der Waals surface area contributed by atoms with Crippen LogP contribution >= 0.6 is 0 Å². The van der Waals surface area contributed by atoms with Crippen molar-refractivity contribution >= 4 is 44.4 Å². The van der Waals surface area contributed by atoms with E-state index in [0.717, 1.165) is 71.8 Å². The van der Waals surface area contributed by atoms with Gasteiger partial charge in [0.25, 0.3) is 11.8 Å². The molecule has 3 aliphatic heterocycles. The zero-order chi connectivity index (χ0) is 39.7. The standard InChI is InChI=1S/C41H47F3N6O5S/c1-24(2)56(53,54)46-39(51)26-10-14-33-35(18-26)48-20-28(16-27-17-31(55-4)13-15-32(27)38(48)36(33)25-8-6-5-7-9-25)37-34(19-45-49(37)23-41(42,43)44)40(52)50-29-11-12-30(50)22-47(3)21-29/h10,13-19,24-25,29-30H,5-9,11-12,20-23H2,1-4H3,(H,46,51). The predicted octanol–water partition coefficient (Wildman–Crippen LogP) is 7.06. The smallest absolute Gasteiger partial charge is 0.408 e. The van der Waals surface area contributed by atoms with E-state index in [2.05, 4.69) is 14.7 Å². The van der Waals surface area contributed by atoms with E-state index in [4.69, 9.17) is 4.74 Å². The summed E-state index contributed by atoms with van der Waals surface area (Å²) in [7, 11) is -0.366. The third-order valence-corrected chi connectivity index (χ3v) is 13.7. The minimum atomic E-state index is -4.63. The molecule has 5 heterocycles. The van der Waals surface area contributed by atoms with Crippen LogP contribution in [0.4, 0.5) is 13.2 Å². The van der Waals surface area contributed by atoms with Crippen LogP contribution < -0.4 is 9.46 Å². The number of hydrogen-bond donors (Lipinski definition) is 1. The Morgan fingerprint density at radius 3 is 2.36 bits per heavy atom. The predicted molar refractivity (Wildman–Crippen MR) is 208 cm³/mol. The number of fused-ring (bicyclic) bond motifs is 7. The van der Waals surface area contributed by atoms with Gasteiger partial charge >= 0.3 is 6.18 Å². The number of nitrogens with one attached hydrogen (secondary N) is 1. The van der Waals surface area contributed by atoms with Crippen LogP contribution in [0.5, 0.6) is 5.75 Å². The van der Waals surface area contributed by atoms with E-state index in [1.165, 1.54) is 20.0 Å². The van der Waals surface area contributed by atoms with Crippen LogP contribution in [-0.4, -0.2) is 95.1 Å². The molecule has 11 nitrogen and oxygen atoms in total. The molecule has 8 rings (SSSR count). The molecular formula is C41H47F3N6O5S. The zero-order valence-corrected chi connectivity index (χ0v) is 32.8. The second-order valence-corrected chi connectivity index (χ2v) is 18.3. The fourth-order valence-corrected chi connectivity index (χ4v) is 10.00. The third-order valence-electron chi connectivity index (χ3n) is 12.0. The van der Waals surface area contributed by atoms with Crippen LogP contribution in [0.1, 0.15) is 102 Å². The van der Waals surface area contributed by atoms with E-state index in [1.54, 1.807) is 19.2 Å². The van der Waals surface area contributed by atoms with E-state index < -0.39 is 33.9 Å². The Bertz CT molecular complexity index is 2340. The normalized spacial score (nSPS) is 20.5. The molecule has 1 saturated carbocycles. The molecule has 4 aliphatic rings. The Morgan fingerprint density at radius 1 is 0.982 bits per heavy atom. The number of allylic oxidation sites excluding steroid dienone is 1. The number of likely N-dealkylation sites (tertiary alicyclic amines) is 1. The van der Waals surface area contributed by atoms with Gasteiger partial charge in [-0.15, -0.1) is 0 Å². The highest BCUT2D eigenvalue weighted by molar-refractivity contribution is 7.90. The number of ether oxygens (including phenoxy) is 1. The van der Waals surface area contributed by atoms with Crippen molar-refractivity contribution in [1.82, 2.24) is 28.9 Å². The lowest BCUT2D eigenvalue weighted by Gasteiger charge is -2.39. The quantitative estimate of drug-likeness (QED) is 0.203. The maximum atomic E-state index is 14.6. The largest absolute Gasteiger partial charge is 0.497 e. The average molecular weight is 793 g/mol. The van der Waals surface area contributed by atoms with Crippen molar-refractivity contribution in [2.75, 3.05) is 27.2 Å². The second kappa shape index (κ2) is 14.4. The van der Waals surface area contributed by atoms with E-state index >= 15 is 0 Å². The number of rotatable bonds is 8. The van der Waals surface area contributed by atoms with Crippen molar-refractivity contribution in [3.05, 3.63) is 70.5 Å². The van der Waals surface area contributed by atoms with Crippen LogP contribution in [-0.2, 0) is 23.1 Å². The van der Waals surface area contributed by atoms with Gasteiger partial charge in [0, 0.05) is 47.2 Å². The molecule has 1 aliphatic carbocycles. The number of amides is 2. The SMILES string of the molecule is COc1ccc2c(c1)C=C(c1c(C(=O)N3C4CCC3CN(C)C4)cnn1CC(F)(F)F)Cn1c-2c(C2CCCCC2)c2ccc(C(=O)NS(=O)(=O)C(C)C)cc21. The van der Waals surface area contributed by atoms with Crippen molar-refractivity contribution in [1.29, 1.82) is 0 Å². The number of carbonyl (C=O) groups is 2. The van der Waals surface area contributed by atoms with Gasteiger partial charge in [-0.1, -0.05) is 25.3 Å². The summed E-state index contributed by atoms with van der Waals surface area (Å²) >= 11 is 0. The number of nitrogens with zero attached hydrogens (tertiary/aromatic N) is 5. The molecule has 3 fully saturated rings. The molecule has 2 amide bonds. The third kappa shape index (κ3) is 6.90. The van der Waals surface area contributed by atoms with E-state index in [9.17, 15) is 31.2 Å². The maximum absolute atomic E-state index is 14.6. The topological polar surface area (TPSA) is 119 Å². The molecule has 2 aromatic heterocycles. The summed E-state index contributed by atoms with van der Waals surface area (Å²) < 4.78 is 79.2. The van der Waals surface area contributed by atoms with E-state index in [-0.39, 0.29) is 47.3 Å². The van der Waals surface area contributed by atoms with E-state index in [1.807, 2.05) is 46.9 Å². The summed E-state index contributed by atoms with van der Waals surface area (Å²) in [5.41, 5.74) is 4.89. The summed E-state index contributed by atoms with van der Waals surface area (Å²) in [4.78, 5) is 32.2. The number of alkyl halides is 3. The molecule has 2 bridgehead atoms. The van der Waals surface area contributed by atoms with Gasteiger partial charge in [0.1, 0.15) is 12.3 Å². The van der Waals surface area contributed by atoms with Gasteiger partial charge in [0.15, 0.2) is 0 Å². The molecule has 2 saturated heterocycles. The Balaban J connectivity index is 1.35. The number of carbonyl (C=O) groups excluding carboxylic acids is 2. The minimum Gasteiger partial charge on any atom is -0.497 e. The van der Waals surface area contributed by atoms with Gasteiger partial charge in [-0.3, -0.25) is 14.3 Å². The fraction of sp³-hybridized carbons (Fsp3) is 0.488. The monoisotopic (exact) mass is 792 g/mol. The van der Waals surface area contributed by atoms with Crippen molar-refractivity contribution in [2.45, 2.75) is 101 Å². The van der Waals surface area contributed by atoms with Crippen molar-refractivity contribution < 1.29 is 35.9 Å². The Kier molecular flexibility index (Phi) is 9.83. The first-order valence-electron chi connectivity index (χ1n) is 19.4. The summed E-state index contributed by atoms with van der Waals surface area (Å²) in [6.45, 7) is 2.99. The first-order chi connectivity index (χ1) is 26.6. The maximum Gasteiger partial charge on any atom is 0.408 e. The lowest BCUT2D eigenvalue weighted by Crippen LogP contribution is -2.54. The second-order valence-electron chi connectivity index (χ2n) is 16.1. The number of piperazine rings is 1. The molecular weight excluding hydrogens is 746 g/mol. The van der Waals surface area contributed by atoms with Gasteiger partial charge in [0.05, 0.1) is 42.1 Å². The first-order valence-corrected chi connectivity index (χ1v) is 20.9. The van der Waals surface area contributed by atoms with Gasteiger partial charge in [0.2, 0.25) is 10.0 Å². The summed E-state index contributed by atoms with van der Waals surface area (Å²) in [6.07, 6.45) is 5.21. The van der Waals surface area contributed by atoms with Crippen molar-refractivity contribution in [3.63, 3.8) is 0 Å². The summed E-state index contributed by atoms with van der Waals surface area (Å²) in [6, 6.07) is 10.7. The number of likely N-dealkylation sites (N-methyl/N-ethyl adjacent to an activating group) is 1. The van der Waals surface area contributed by atoms with Gasteiger partial charge < -0.3 is 19.1 Å². The first kappa shape index (κ1) is 38.3. The summed E-state index contributed by atoms with van der Waals surface area (Å²) in [5, 5.41) is 4.28. The number of methoxy groups -OCH3 is 1. The molecule has 15 heteroatoms. The van der Waals surface area contributed by atoms with Crippen LogP contribution in [0.25, 0.3) is 33.8 Å². The molecule has 4 aromatic rings. The molecule has 2 unspecified atom stereocenters. The Hall–Kier alpha value is -4.63. The van der Waals surface area contributed by atoms with Gasteiger partial charge in [-0.25, -0.2) is 13.1 Å². The van der Waals surface area contributed by atoms with Crippen LogP contribution in [0, 0.1) is 0 Å². The average Bonchev–Trinajstić information content (AvgIpc) is 3.75. The molecule has 2 atom stereocenters. The fourth-order valence-electron chi connectivity index (χ4n) is 9.39. The molecule has 1 N–H and O–H groups in total. The molecule has 2 aromatic carbocycles. The van der Waals surface area contributed by atoms with Crippen molar-refractivity contribution in [2.24, 2.45) is 0 Å². The Labute approximate surface area is 324 Å². The van der Waals surface area contributed by atoms with Gasteiger partial charge in [-0.2, -0.15) is 18.3 Å². The number of hydrogen-bond acceptors (Lipinski definition) is 7. The van der Waals surface area contributed by atoms with Crippen LogP contribution in [0.15, 0.2) is 42.6 Å². The number of benzene rings is 2. The number of sulfonamides is 1. The summed E-state index contributed by atoms with van der Waals surface area (Å²) in [5.74, 6) is -0.387. The van der Waals surface area contributed by atoms with Crippen LogP contribution in [0.3, 0.4) is 0 Å². The molecule has 0 radical (unpaired) electrons. The van der Waals surface area contributed by atoms with E-state index in [0.29, 0.717) is 35.5 Å². The molecule has 56 heavy (non-hydrogen) atoms. The van der Waals surface area contributed by atoms with Crippen LogP contribution in [0.2, 0.25) is 0 Å². The minimum absolute atomic E-state index is 0.0460. The highest BCUT2D eigenvalue weighted by Crippen LogP contribution is 2.48.